The number of ketones is 1. The summed E-state index contributed by atoms with van der Waals surface area (Å²) in [4.78, 5) is 11.2. The van der Waals surface area contributed by atoms with Gasteiger partial charge < -0.3 is 0 Å². The van der Waals surface area contributed by atoms with Crippen LogP contribution in [0.3, 0.4) is 0 Å². The minimum Gasteiger partial charge on any atom is -0.290 e. The van der Waals surface area contributed by atoms with Crippen LogP contribution in [0.15, 0.2) is 0 Å². The van der Waals surface area contributed by atoms with Crippen molar-refractivity contribution in [2.75, 3.05) is 0 Å². The van der Waals surface area contributed by atoms with Gasteiger partial charge in [-0.1, -0.05) is 0 Å². The summed E-state index contributed by atoms with van der Waals surface area (Å²) in [6.07, 6.45) is -14.3. The van der Waals surface area contributed by atoms with Gasteiger partial charge in [0.05, 0.1) is 11.1 Å². The summed E-state index contributed by atoms with van der Waals surface area (Å²) < 4.78 is 156. The molecule has 24 heavy (non-hydrogen) atoms. The number of Topliss-reactive ketones (excluding diaryl/α,β-unsaturated/α-hetero) is 1. The molecule has 2 rings (SSSR count). The lowest BCUT2D eigenvalue weighted by atomic mass is 9.63. The molecule has 0 saturated heterocycles. The zero-order chi connectivity index (χ0) is 19.0. The maximum absolute atomic E-state index is 14.2. The minimum absolute atomic E-state index is 2.27. The van der Waals surface area contributed by atoms with E-state index in [1.807, 2.05) is 0 Å². The Bertz CT molecular complexity index is 731. The van der Waals surface area contributed by atoms with E-state index in [1.54, 1.807) is 0 Å². The summed E-state index contributed by atoms with van der Waals surface area (Å²) in [7, 11) is 0. The minimum atomic E-state index is -7.17. The second-order valence-corrected chi connectivity index (χ2v) is 4.65. The van der Waals surface area contributed by atoms with Gasteiger partial charge in [0.25, 0.3) is 5.67 Å². The summed E-state index contributed by atoms with van der Waals surface area (Å²) in [5.41, 5.74) is -18.0. The van der Waals surface area contributed by atoms with Gasteiger partial charge >= 0.3 is 18.0 Å². The Balaban J connectivity index is 2.94. The lowest BCUT2D eigenvalue weighted by molar-refractivity contribution is -0.372. The molecular formula is C11F12O. The molecule has 1 aromatic carbocycles. The van der Waals surface area contributed by atoms with Crippen LogP contribution in [-0.2, 0) is 5.67 Å². The molecule has 0 bridgehead atoms. The van der Waals surface area contributed by atoms with Crippen molar-refractivity contribution >= 4 is 5.78 Å². The third kappa shape index (κ3) is 1.72. The second kappa shape index (κ2) is 4.57. The molecular weight excluding hydrogens is 376 g/mol. The fourth-order valence-electron chi connectivity index (χ4n) is 2.27. The Morgan fingerprint density at radius 2 is 1.04 bits per heavy atom. The lowest BCUT2D eigenvalue weighted by Gasteiger charge is -2.45. The van der Waals surface area contributed by atoms with Crippen LogP contribution >= 0.6 is 0 Å². The normalized spacial score (nSPS) is 21.6. The predicted octanol–water partition coefficient (Wildman–Crippen LogP) is 4.44. The molecule has 134 valence electrons. The molecule has 1 atom stereocenters. The van der Waals surface area contributed by atoms with Gasteiger partial charge in [0.1, 0.15) is 0 Å². The highest BCUT2D eigenvalue weighted by atomic mass is 19.4. The van der Waals surface area contributed by atoms with Crippen molar-refractivity contribution in [3.05, 3.63) is 34.4 Å². The maximum atomic E-state index is 14.2. The summed E-state index contributed by atoms with van der Waals surface area (Å²) in [6.45, 7) is 0. The zero-order valence-electron chi connectivity index (χ0n) is 10.4. The van der Waals surface area contributed by atoms with E-state index in [2.05, 4.69) is 0 Å². The van der Waals surface area contributed by atoms with Gasteiger partial charge in [-0.25, -0.2) is 26.3 Å². The molecule has 1 aromatic rings. The molecule has 1 aliphatic carbocycles. The molecule has 0 fully saturated rings. The quantitative estimate of drug-likeness (QED) is 0.403. The first-order valence-electron chi connectivity index (χ1n) is 5.47. The molecule has 0 N–H and O–H groups in total. The highest BCUT2D eigenvalue weighted by Crippen LogP contribution is 2.63. The first kappa shape index (κ1) is 18.4. The zero-order valence-corrected chi connectivity index (χ0v) is 10.4. The van der Waals surface area contributed by atoms with Gasteiger partial charge in [-0.05, 0) is 0 Å². The molecule has 1 nitrogen and oxygen atoms in total. The van der Waals surface area contributed by atoms with E-state index in [0.29, 0.717) is 0 Å². The Labute approximate surface area is 122 Å². The lowest BCUT2D eigenvalue weighted by Crippen LogP contribution is -2.71. The number of hydrogen-bond donors (Lipinski definition) is 0. The average Bonchev–Trinajstić information content (AvgIpc) is 2.43. The van der Waals surface area contributed by atoms with Gasteiger partial charge in [0.15, 0.2) is 23.3 Å². The molecule has 0 spiro atoms. The molecule has 1 aliphatic rings. The van der Waals surface area contributed by atoms with Crippen LogP contribution in [0, 0.1) is 23.3 Å². The van der Waals surface area contributed by atoms with E-state index < -0.39 is 63.9 Å². The molecule has 13 heteroatoms. The van der Waals surface area contributed by atoms with E-state index in [-0.39, 0.29) is 0 Å². The van der Waals surface area contributed by atoms with Gasteiger partial charge in [-0.3, -0.25) is 4.79 Å². The third-order valence-electron chi connectivity index (χ3n) is 3.41. The predicted molar refractivity (Wildman–Crippen MR) is 49.3 cm³/mol. The number of alkyl halides is 8. The number of carbonyl (C=O) groups is 1. The van der Waals surface area contributed by atoms with Crippen LogP contribution in [0.2, 0.25) is 0 Å². The number of rotatable bonds is 1. The van der Waals surface area contributed by atoms with Crippen molar-refractivity contribution in [2.24, 2.45) is 0 Å². The average molecular weight is 376 g/mol. The maximum Gasteiger partial charge on any atom is 0.435 e. The Kier molecular flexibility index (Phi) is 3.50. The summed E-state index contributed by atoms with van der Waals surface area (Å²) in [6, 6.07) is 0. The molecule has 0 radical (unpaired) electrons. The summed E-state index contributed by atoms with van der Waals surface area (Å²) >= 11 is 0. The molecule has 0 aromatic heterocycles. The molecule has 0 heterocycles. The van der Waals surface area contributed by atoms with Crippen molar-refractivity contribution < 1.29 is 57.5 Å². The van der Waals surface area contributed by atoms with Gasteiger partial charge in [-0.2, -0.15) is 26.3 Å². The molecule has 0 saturated carbocycles. The number of hydrogen-bond acceptors (Lipinski definition) is 1. The van der Waals surface area contributed by atoms with Gasteiger partial charge in [-0.15, -0.1) is 0 Å². The number of fused-ring (bicyclic) bond motifs is 1. The Morgan fingerprint density at radius 1 is 0.667 bits per heavy atom. The summed E-state index contributed by atoms with van der Waals surface area (Å²) in [5.74, 6) is -14.8. The van der Waals surface area contributed by atoms with Crippen LogP contribution in [0.1, 0.15) is 15.9 Å². The Morgan fingerprint density at radius 3 is 1.42 bits per heavy atom. The van der Waals surface area contributed by atoms with Crippen molar-refractivity contribution in [2.45, 2.75) is 23.7 Å². The Hall–Kier alpha value is -1.95. The van der Waals surface area contributed by atoms with Crippen LogP contribution in [0.25, 0.3) is 0 Å². The molecule has 1 unspecified atom stereocenters. The van der Waals surface area contributed by atoms with E-state index in [9.17, 15) is 57.5 Å². The fourth-order valence-corrected chi connectivity index (χ4v) is 2.27. The third-order valence-corrected chi connectivity index (χ3v) is 3.41. The number of halogens is 12. The molecule has 0 amide bonds. The fraction of sp³-hybridized carbons (Fsp3) is 0.364. The smallest absolute Gasteiger partial charge is 0.290 e. The second-order valence-electron chi connectivity index (χ2n) is 4.65. The monoisotopic (exact) mass is 376 g/mol. The van der Waals surface area contributed by atoms with Crippen molar-refractivity contribution in [1.82, 2.24) is 0 Å². The first-order chi connectivity index (χ1) is 10.5. The van der Waals surface area contributed by atoms with E-state index in [0.717, 1.165) is 0 Å². The van der Waals surface area contributed by atoms with Crippen LogP contribution in [0.4, 0.5) is 52.7 Å². The highest BCUT2D eigenvalue weighted by Gasteiger charge is 2.89. The van der Waals surface area contributed by atoms with E-state index in [4.69, 9.17) is 0 Å². The number of benzene rings is 1. The van der Waals surface area contributed by atoms with Crippen LogP contribution in [0.5, 0.6) is 0 Å². The SMILES string of the molecule is O=C1c2c(F)c(F)c(F)c(F)c2C1(F)C(F)(C(F)(F)F)C(F)(F)F. The van der Waals surface area contributed by atoms with Gasteiger partial charge in [0, 0.05) is 0 Å². The van der Waals surface area contributed by atoms with Crippen molar-refractivity contribution in [1.29, 1.82) is 0 Å². The largest absolute Gasteiger partial charge is 0.435 e. The topological polar surface area (TPSA) is 17.1 Å². The highest BCUT2D eigenvalue weighted by molar-refractivity contribution is 6.14. The standard InChI is InChI=1S/C11F12O/c12-3-1-2(4(13)6(15)5(3)14)8(16,7(1)24)9(17,10(18,19)20)11(21,22)23. The van der Waals surface area contributed by atoms with Crippen molar-refractivity contribution in [3.8, 4) is 0 Å². The molecule has 0 aliphatic heterocycles. The summed E-state index contributed by atoms with van der Waals surface area (Å²) in [5, 5.41) is 0. The van der Waals surface area contributed by atoms with Crippen molar-refractivity contribution in [3.63, 3.8) is 0 Å². The number of carbonyl (C=O) groups excluding carboxylic acids is 1. The van der Waals surface area contributed by atoms with E-state index >= 15 is 0 Å². The van der Waals surface area contributed by atoms with Crippen LogP contribution < -0.4 is 0 Å². The van der Waals surface area contributed by atoms with E-state index in [1.165, 1.54) is 0 Å². The first-order valence-corrected chi connectivity index (χ1v) is 5.47. The van der Waals surface area contributed by atoms with Crippen LogP contribution in [-0.4, -0.2) is 23.8 Å². The van der Waals surface area contributed by atoms with Gasteiger partial charge in [0.2, 0.25) is 5.78 Å².